The molecule has 0 radical (unpaired) electrons. The minimum atomic E-state index is -0.549. The number of carbonyl (C=O) groups is 2. The van der Waals surface area contributed by atoms with Crippen molar-refractivity contribution in [3.63, 3.8) is 0 Å². The molecule has 5 heteroatoms. The number of benzene rings is 1. The van der Waals surface area contributed by atoms with E-state index in [1.54, 1.807) is 19.1 Å². The molecule has 0 aromatic heterocycles. The highest BCUT2D eigenvalue weighted by Crippen LogP contribution is 2.06. The second-order valence-corrected chi connectivity index (χ2v) is 4.73. The lowest BCUT2D eigenvalue weighted by atomic mass is 10.1. The van der Waals surface area contributed by atoms with Crippen molar-refractivity contribution in [2.75, 3.05) is 13.1 Å². The van der Waals surface area contributed by atoms with Crippen LogP contribution in [0.4, 0.5) is 0 Å². The highest BCUT2D eigenvalue weighted by molar-refractivity contribution is 5.97. The molecule has 1 aromatic rings. The number of carbonyl (C=O) groups excluding carboxylic acids is 2. The van der Waals surface area contributed by atoms with Crippen molar-refractivity contribution >= 4 is 11.8 Å². The van der Waals surface area contributed by atoms with Gasteiger partial charge in [0.25, 0.3) is 5.91 Å². The first kappa shape index (κ1) is 16.2. The lowest BCUT2D eigenvalue weighted by Gasteiger charge is -2.14. The van der Waals surface area contributed by atoms with E-state index < -0.39 is 6.04 Å². The number of rotatable bonds is 7. The van der Waals surface area contributed by atoms with E-state index in [2.05, 4.69) is 10.6 Å². The van der Waals surface area contributed by atoms with Crippen molar-refractivity contribution in [3.8, 4) is 0 Å². The summed E-state index contributed by atoms with van der Waals surface area (Å²) in [6.07, 6.45) is 1.60. The quantitative estimate of drug-likeness (QED) is 0.690. The Labute approximate surface area is 119 Å². The van der Waals surface area contributed by atoms with Gasteiger partial charge in [-0.25, -0.2) is 0 Å². The molecule has 1 unspecified atom stereocenters. The summed E-state index contributed by atoms with van der Waals surface area (Å²) in [5, 5.41) is 5.44. The maximum atomic E-state index is 12.1. The molecule has 1 rings (SSSR count). The number of nitrogens with two attached hydrogens (primary N) is 1. The minimum absolute atomic E-state index is 0.168. The van der Waals surface area contributed by atoms with Crippen molar-refractivity contribution < 1.29 is 9.59 Å². The van der Waals surface area contributed by atoms with Crippen LogP contribution in [0.25, 0.3) is 0 Å². The van der Waals surface area contributed by atoms with Gasteiger partial charge in [-0.3, -0.25) is 9.59 Å². The molecule has 0 fully saturated rings. The van der Waals surface area contributed by atoms with E-state index in [4.69, 9.17) is 5.73 Å². The molecular weight excluding hydrogens is 254 g/mol. The SMILES string of the molecule is CCCNC(=O)C(C)NC(=O)c1cccc(CCN)c1. The fourth-order valence-electron chi connectivity index (χ4n) is 1.78. The number of nitrogens with one attached hydrogen (secondary N) is 2. The molecule has 0 aliphatic carbocycles. The van der Waals surface area contributed by atoms with Crippen LogP contribution in [-0.4, -0.2) is 30.9 Å². The predicted molar refractivity (Wildman–Crippen MR) is 79.4 cm³/mol. The van der Waals surface area contributed by atoms with Gasteiger partial charge in [0, 0.05) is 12.1 Å². The Morgan fingerprint density at radius 1 is 1.35 bits per heavy atom. The van der Waals surface area contributed by atoms with Crippen molar-refractivity contribution in [2.45, 2.75) is 32.7 Å². The van der Waals surface area contributed by atoms with Gasteiger partial charge in [0.15, 0.2) is 0 Å². The second-order valence-electron chi connectivity index (χ2n) is 4.73. The zero-order chi connectivity index (χ0) is 15.0. The molecule has 1 aromatic carbocycles. The van der Waals surface area contributed by atoms with Gasteiger partial charge in [-0.1, -0.05) is 19.1 Å². The highest BCUT2D eigenvalue weighted by atomic mass is 16.2. The van der Waals surface area contributed by atoms with Gasteiger partial charge in [-0.05, 0) is 44.0 Å². The lowest BCUT2D eigenvalue weighted by molar-refractivity contribution is -0.122. The van der Waals surface area contributed by atoms with Crippen molar-refractivity contribution in [1.82, 2.24) is 10.6 Å². The first-order valence-corrected chi connectivity index (χ1v) is 6.96. The fourth-order valence-corrected chi connectivity index (χ4v) is 1.78. The number of amides is 2. The third-order valence-corrected chi connectivity index (χ3v) is 2.91. The summed E-state index contributed by atoms with van der Waals surface area (Å²) < 4.78 is 0. The van der Waals surface area contributed by atoms with Crippen molar-refractivity contribution in [3.05, 3.63) is 35.4 Å². The van der Waals surface area contributed by atoms with Gasteiger partial charge in [0.05, 0.1) is 0 Å². The Morgan fingerprint density at radius 3 is 2.75 bits per heavy atom. The molecule has 110 valence electrons. The lowest BCUT2D eigenvalue weighted by Crippen LogP contribution is -2.45. The van der Waals surface area contributed by atoms with Gasteiger partial charge < -0.3 is 16.4 Å². The van der Waals surface area contributed by atoms with Gasteiger partial charge in [0.1, 0.15) is 6.04 Å². The highest BCUT2D eigenvalue weighted by Gasteiger charge is 2.16. The van der Waals surface area contributed by atoms with E-state index in [1.807, 2.05) is 19.1 Å². The van der Waals surface area contributed by atoms with Crippen LogP contribution in [0.3, 0.4) is 0 Å². The van der Waals surface area contributed by atoms with Crippen LogP contribution in [0.15, 0.2) is 24.3 Å². The van der Waals surface area contributed by atoms with Gasteiger partial charge >= 0.3 is 0 Å². The standard InChI is InChI=1S/C15H23N3O2/c1-3-9-17-14(19)11(2)18-15(20)13-6-4-5-12(10-13)7-8-16/h4-6,10-11H,3,7-9,16H2,1-2H3,(H,17,19)(H,18,20). The molecule has 0 aliphatic heterocycles. The summed E-state index contributed by atoms with van der Waals surface area (Å²) in [6.45, 7) is 4.81. The van der Waals surface area contributed by atoms with E-state index >= 15 is 0 Å². The average molecular weight is 277 g/mol. The molecule has 20 heavy (non-hydrogen) atoms. The number of hydrogen-bond acceptors (Lipinski definition) is 3. The maximum Gasteiger partial charge on any atom is 0.251 e. The first-order valence-electron chi connectivity index (χ1n) is 6.96. The molecule has 0 spiro atoms. The normalized spacial score (nSPS) is 11.8. The Morgan fingerprint density at radius 2 is 2.10 bits per heavy atom. The summed E-state index contributed by atoms with van der Waals surface area (Å²) in [5.41, 5.74) is 7.06. The van der Waals surface area contributed by atoms with Gasteiger partial charge in [-0.15, -0.1) is 0 Å². The molecule has 0 bridgehead atoms. The van der Waals surface area contributed by atoms with Crippen LogP contribution in [-0.2, 0) is 11.2 Å². The third kappa shape index (κ3) is 5.01. The van der Waals surface area contributed by atoms with Crippen LogP contribution < -0.4 is 16.4 Å². The van der Waals surface area contributed by atoms with Crippen LogP contribution in [0.5, 0.6) is 0 Å². The molecule has 4 N–H and O–H groups in total. The first-order chi connectivity index (χ1) is 9.58. The smallest absolute Gasteiger partial charge is 0.251 e. The third-order valence-electron chi connectivity index (χ3n) is 2.91. The van der Waals surface area contributed by atoms with Crippen molar-refractivity contribution in [1.29, 1.82) is 0 Å². The molecule has 0 aliphatic rings. The fraction of sp³-hybridized carbons (Fsp3) is 0.467. The van der Waals surface area contributed by atoms with E-state index in [9.17, 15) is 9.59 Å². The monoisotopic (exact) mass is 277 g/mol. The minimum Gasteiger partial charge on any atom is -0.354 e. The Balaban J connectivity index is 2.61. The maximum absolute atomic E-state index is 12.1. The van der Waals surface area contributed by atoms with Crippen LogP contribution >= 0.6 is 0 Å². The predicted octanol–water partition coefficient (Wildman–Crippen LogP) is 0.832. The molecule has 0 saturated carbocycles. The molecule has 1 atom stereocenters. The molecule has 5 nitrogen and oxygen atoms in total. The van der Waals surface area contributed by atoms with E-state index in [-0.39, 0.29) is 11.8 Å². The van der Waals surface area contributed by atoms with Crippen LogP contribution in [0, 0.1) is 0 Å². The molecule has 0 saturated heterocycles. The summed E-state index contributed by atoms with van der Waals surface area (Å²) in [5.74, 6) is -0.415. The summed E-state index contributed by atoms with van der Waals surface area (Å²) in [4.78, 5) is 23.8. The van der Waals surface area contributed by atoms with E-state index in [1.165, 1.54) is 0 Å². The summed E-state index contributed by atoms with van der Waals surface area (Å²) in [6, 6.07) is 6.74. The van der Waals surface area contributed by atoms with Crippen LogP contribution in [0.2, 0.25) is 0 Å². The van der Waals surface area contributed by atoms with Crippen LogP contribution in [0.1, 0.15) is 36.2 Å². The zero-order valence-corrected chi connectivity index (χ0v) is 12.1. The second kappa shape index (κ2) is 8.32. The van der Waals surface area contributed by atoms with Crippen molar-refractivity contribution in [2.24, 2.45) is 5.73 Å². The molecular formula is C15H23N3O2. The van der Waals surface area contributed by atoms with Gasteiger partial charge in [0.2, 0.25) is 5.91 Å². The molecule has 0 heterocycles. The Kier molecular flexibility index (Phi) is 6.73. The number of hydrogen-bond donors (Lipinski definition) is 3. The molecule has 2 amide bonds. The Hall–Kier alpha value is -1.88. The zero-order valence-electron chi connectivity index (χ0n) is 12.1. The summed E-state index contributed by atoms with van der Waals surface area (Å²) >= 11 is 0. The Bertz CT molecular complexity index is 460. The van der Waals surface area contributed by atoms with E-state index in [0.29, 0.717) is 18.7 Å². The van der Waals surface area contributed by atoms with Gasteiger partial charge in [-0.2, -0.15) is 0 Å². The largest absolute Gasteiger partial charge is 0.354 e. The topological polar surface area (TPSA) is 84.2 Å². The summed E-state index contributed by atoms with van der Waals surface area (Å²) in [7, 11) is 0. The average Bonchev–Trinajstić information content (AvgIpc) is 2.45. The van der Waals surface area contributed by atoms with E-state index in [0.717, 1.165) is 18.4 Å².